The smallest absolute Gasteiger partial charge is 0.342 e. The van der Waals surface area contributed by atoms with Crippen LogP contribution >= 0.6 is 0 Å². The van der Waals surface area contributed by atoms with Gasteiger partial charge in [-0.1, -0.05) is 18.6 Å². The summed E-state index contributed by atoms with van der Waals surface area (Å²) in [4.78, 5) is 49.5. The van der Waals surface area contributed by atoms with Crippen molar-refractivity contribution < 1.29 is 48.0 Å². The van der Waals surface area contributed by atoms with E-state index in [1.54, 1.807) is 32.1 Å². The summed E-state index contributed by atoms with van der Waals surface area (Å²) in [6.45, 7) is 10.5. The monoisotopic (exact) mass is 506 g/mol. The summed E-state index contributed by atoms with van der Waals surface area (Å²) in [5.41, 5.74) is -4.96. The minimum Gasteiger partial charge on any atom is -0.462 e. The number of fused-ring (bicyclic) bond motifs is 1. The Labute approximate surface area is 209 Å². The van der Waals surface area contributed by atoms with Crippen LogP contribution in [0.15, 0.2) is 23.8 Å². The van der Waals surface area contributed by atoms with Crippen LogP contribution in [0.3, 0.4) is 0 Å². The Hall–Kier alpha value is -2.72. The number of esters is 4. The Bertz CT molecular complexity index is 1060. The molecule has 0 aromatic carbocycles. The first kappa shape index (κ1) is 26.3. The minimum absolute atomic E-state index is 0.381. The number of ether oxygens (including phenoxy) is 5. The summed E-state index contributed by atoms with van der Waals surface area (Å²) in [7, 11) is 0. The second-order valence-electron chi connectivity index (χ2n) is 10.9. The van der Waals surface area contributed by atoms with Gasteiger partial charge in [-0.05, 0) is 45.8 Å². The van der Waals surface area contributed by atoms with Crippen molar-refractivity contribution in [3.8, 4) is 0 Å². The molecule has 2 saturated heterocycles. The Balaban J connectivity index is 1.99. The number of aliphatic hydroxyl groups is 1. The van der Waals surface area contributed by atoms with Crippen LogP contribution in [0, 0.1) is 11.3 Å². The van der Waals surface area contributed by atoms with Gasteiger partial charge in [-0.25, -0.2) is 4.79 Å². The van der Waals surface area contributed by atoms with Crippen molar-refractivity contribution in [2.75, 3.05) is 0 Å². The van der Waals surface area contributed by atoms with Crippen LogP contribution < -0.4 is 0 Å². The fourth-order valence-electron chi connectivity index (χ4n) is 6.46. The molecule has 1 N–H and O–H groups in total. The highest BCUT2D eigenvalue weighted by atomic mass is 16.7. The van der Waals surface area contributed by atoms with Gasteiger partial charge in [0.2, 0.25) is 0 Å². The maximum absolute atomic E-state index is 12.9. The summed E-state index contributed by atoms with van der Waals surface area (Å²) in [6.07, 6.45) is 1.96. The first-order valence-corrected chi connectivity index (χ1v) is 12.1. The largest absolute Gasteiger partial charge is 0.462 e. The van der Waals surface area contributed by atoms with Crippen LogP contribution in [0.25, 0.3) is 0 Å². The molecule has 10 heteroatoms. The molecule has 0 aromatic rings. The lowest BCUT2D eigenvalue weighted by Gasteiger charge is -2.55. The van der Waals surface area contributed by atoms with Crippen LogP contribution in [0.2, 0.25) is 0 Å². The maximum atomic E-state index is 12.9. The zero-order chi connectivity index (χ0) is 26.8. The first-order valence-electron chi connectivity index (χ1n) is 12.1. The number of carbonyl (C=O) groups excluding carboxylic acids is 4. The summed E-state index contributed by atoms with van der Waals surface area (Å²) in [5, 5.41) is 12.1. The maximum Gasteiger partial charge on any atom is 0.342 e. The molecular weight excluding hydrogens is 472 g/mol. The van der Waals surface area contributed by atoms with E-state index in [1.165, 1.54) is 27.7 Å². The van der Waals surface area contributed by atoms with Crippen molar-refractivity contribution >= 4 is 23.9 Å². The van der Waals surface area contributed by atoms with E-state index in [4.69, 9.17) is 23.7 Å². The van der Waals surface area contributed by atoms with E-state index < -0.39 is 76.4 Å². The van der Waals surface area contributed by atoms with Gasteiger partial charge in [-0.2, -0.15) is 0 Å². The molecule has 4 rings (SSSR count). The quantitative estimate of drug-likeness (QED) is 0.261. The number of epoxide rings is 1. The fraction of sp³-hybridized carbons (Fsp3) is 0.692. The molecule has 36 heavy (non-hydrogen) atoms. The molecule has 2 aliphatic heterocycles. The molecular formula is C26H34O10. The summed E-state index contributed by atoms with van der Waals surface area (Å²) < 4.78 is 29.0. The average molecular weight is 507 g/mol. The number of carbonyl (C=O) groups is 4. The van der Waals surface area contributed by atoms with Gasteiger partial charge >= 0.3 is 23.9 Å². The van der Waals surface area contributed by atoms with E-state index in [1.807, 2.05) is 6.92 Å². The fourth-order valence-corrected chi connectivity index (χ4v) is 6.46. The number of allylic oxidation sites excluding steroid dienone is 1. The van der Waals surface area contributed by atoms with E-state index in [0.29, 0.717) is 12.8 Å². The highest BCUT2D eigenvalue weighted by Gasteiger charge is 2.87. The third kappa shape index (κ3) is 3.76. The van der Waals surface area contributed by atoms with Gasteiger partial charge < -0.3 is 28.8 Å². The van der Waals surface area contributed by atoms with Gasteiger partial charge in [0.15, 0.2) is 17.3 Å². The van der Waals surface area contributed by atoms with Crippen LogP contribution in [0.5, 0.6) is 0 Å². The van der Waals surface area contributed by atoms with E-state index >= 15 is 0 Å². The Morgan fingerprint density at radius 1 is 1.03 bits per heavy atom. The van der Waals surface area contributed by atoms with E-state index in [0.717, 1.165) is 5.57 Å². The van der Waals surface area contributed by atoms with Crippen LogP contribution in [-0.2, 0) is 42.9 Å². The summed E-state index contributed by atoms with van der Waals surface area (Å²) in [5.74, 6) is -3.44. The molecule has 0 amide bonds. The third-order valence-corrected chi connectivity index (χ3v) is 8.18. The Morgan fingerprint density at radius 2 is 1.64 bits per heavy atom. The molecule has 0 saturated carbocycles. The number of rotatable bonds is 3. The standard InChI is InChI=1S/C26H34O10/c1-13-8-9-17(32-14(2)27)23(5)11-10-18(33-15(3)28)24(6,31)20(23)21(34-16(4)29)26-19(12-13)35-22(30)25(26,7)36-26/h10-12,17-21,31H,8-9H2,1-7H3/b13-12-/t17-,18-,19+,20-,21-,23-,24+,25?,26+/m1/s1. The molecule has 0 aromatic heterocycles. The molecule has 1 spiro atoms. The van der Waals surface area contributed by atoms with Crippen LogP contribution in [-0.4, -0.2) is 70.2 Å². The normalized spacial score (nSPS) is 46.6. The van der Waals surface area contributed by atoms with Crippen LogP contribution in [0.1, 0.15) is 61.3 Å². The van der Waals surface area contributed by atoms with Crippen molar-refractivity contribution in [2.45, 2.75) is 103 Å². The van der Waals surface area contributed by atoms with Crippen molar-refractivity contribution in [1.82, 2.24) is 0 Å². The predicted molar refractivity (Wildman–Crippen MR) is 123 cm³/mol. The van der Waals surface area contributed by atoms with E-state index in [9.17, 15) is 24.3 Å². The average Bonchev–Trinajstić information content (AvgIpc) is 3.32. The zero-order valence-electron chi connectivity index (χ0n) is 21.7. The number of hydrogen-bond donors (Lipinski definition) is 1. The molecule has 0 radical (unpaired) electrons. The molecule has 9 atom stereocenters. The van der Waals surface area contributed by atoms with Crippen molar-refractivity contribution in [1.29, 1.82) is 0 Å². The van der Waals surface area contributed by atoms with E-state index in [2.05, 4.69) is 0 Å². The molecule has 10 nitrogen and oxygen atoms in total. The molecule has 2 heterocycles. The minimum atomic E-state index is -1.83. The highest BCUT2D eigenvalue weighted by Crippen LogP contribution is 2.65. The third-order valence-electron chi connectivity index (χ3n) is 8.18. The molecule has 1 unspecified atom stereocenters. The molecule has 4 aliphatic rings. The molecule has 2 fully saturated rings. The van der Waals surface area contributed by atoms with Crippen molar-refractivity contribution in [2.24, 2.45) is 11.3 Å². The lowest BCUT2D eigenvalue weighted by molar-refractivity contribution is -0.218. The van der Waals surface area contributed by atoms with E-state index in [-0.39, 0.29) is 0 Å². The van der Waals surface area contributed by atoms with Gasteiger partial charge in [0.25, 0.3) is 0 Å². The van der Waals surface area contributed by atoms with Crippen molar-refractivity contribution in [3.05, 3.63) is 23.8 Å². The Kier molecular flexibility index (Phi) is 6.16. The topological polar surface area (TPSA) is 138 Å². The van der Waals surface area contributed by atoms with Gasteiger partial charge in [0.05, 0.1) is 0 Å². The predicted octanol–water partition coefficient (Wildman–Crippen LogP) is 1.92. The highest BCUT2D eigenvalue weighted by molar-refractivity contribution is 5.89. The van der Waals surface area contributed by atoms with Crippen LogP contribution in [0.4, 0.5) is 0 Å². The van der Waals surface area contributed by atoms with Gasteiger partial charge in [0.1, 0.15) is 23.9 Å². The second kappa shape index (κ2) is 8.41. The zero-order valence-corrected chi connectivity index (χ0v) is 21.7. The Morgan fingerprint density at radius 3 is 2.19 bits per heavy atom. The summed E-state index contributed by atoms with van der Waals surface area (Å²) >= 11 is 0. The molecule has 2 aliphatic carbocycles. The number of hydrogen-bond acceptors (Lipinski definition) is 10. The van der Waals surface area contributed by atoms with Crippen molar-refractivity contribution in [3.63, 3.8) is 0 Å². The summed E-state index contributed by atoms with van der Waals surface area (Å²) in [6, 6.07) is 0. The van der Waals surface area contributed by atoms with Gasteiger partial charge in [-0.3, -0.25) is 14.4 Å². The lowest BCUT2D eigenvalue weighted by atomic mass is 9.55. The second-order valence-corrected chi connectivity index (χ2v) is 10.9. The SMILES string of the molecule is CC(=O)O[C@@H]1[C@H]2[C@@](C)(O)[C@H](OC(C)=O)C=C[C@]2(C)[C@H](OC(C)=O)CC/C(C)=C\[C@@H]2OC(=O)C3(C)O[C@@]213. The molecule has 0 bridgehead atoms. The van der Waals surface area contributed by atoms with Gasteiger partial charge in [0, 0.05) is 32.1 Å². The first-order chi connectivity index (χ1) is 16.6. The van der Waals surface area contributed by atoms with Gasteiger partial charge in [-0.15, -0.1) is 0 Å². The molecule has 198 valence electrons. The lowest BCUT2D eigenvalue weighted by Crippen LogP contribution is -2.67.